The molecule has 122 valence electrons. The van der Waals surface area contributed by atoms with Crippen LogP contribution in [0.4, 0.5) is 5.69 Å². The molecule has 2 aromatic carbocycles. The van der Waals surface area contributed by atoms with Gasteiger partial charge >= 0.3 is 0 Å². The Balaban J connectivity index is 1.90. The summed E-state index contributed by atoms with van der Waals surface area (Å²) in [6.07, 6.45) is 0.497. The van der Waals surface area contributed by atoms with E-state index < -0.39 is 6.04 Å². The summed E-state index contributed by atoms with van der Waals surface area (Å²) in [6.45, 7) is 0.972. The number of amides is 1. The Bertz CT molecular complexity index is 617. The van der Waals surface area contributed by atoms with Gasteiger partial charge in [-0.25, -0.2) is 0 Å². The Morgan fingerprint density at radius 3 is 2.65 bits per heavy atom. The number of benzene rings is 2. The molecule has 2 rings (SSSR count). The number of methoxy groups -OCH3 is 1. The molecule has 0 bridgehead atoms. The molecule has 0 aliphatic heterocycles. The van der Waals surface area contributed by atoms with Gasteiger partial charge in [-0.3, -0.25) is 4.79 Å². The van der Waals surface area contributed by atoms with Crippen molar-refractivity contribution in [2.24, 2.45) is 5.73 Å². The molecule has 0 aliphatic rings. The second kappa shape index (κ2) is 8.92. The molecule has 0 spiro atoms. The second-order valence-corrected chi connectivity index (χ2v) is 5.15. The number of carbonyl (C=O) groups excluding carboxylic acids is 1. The smallest absolute Gasteiger partial charge is 0.241 e. The van der Waals surface area contributed by atoms with Gasteiger partial charge in [-0.2, -0.15) is 0 Å². The SMILES string of the molecule is COCCOc1cccc(NC(=O)C(N)Cc2ccccc2)c1. The lowest BCUT2D eigenvalue weighted by molar-refractivity contribution is -0.117. The van der Waals surface area contributed by atoms with Gasteiger partial charge in [-0.1, -0.05) is 36.4 Å². The van der Waals surface area contributed by atoms with Crippen LogP contribution in [0.15, 0.2) is 54.6 Å². The highest BCUT2D eigenvalue weighted by atomic mass is 16.5. The maximum absolute atomic E-state index is 12.2. The van der Waals surface area contributed by atoms with Crippen molar-refractivity contribution >= 4 is 11.6 Å². The van der Waals surface area contributed by atoms with Crippen molar-refractivity contribution in [3.8, 4) is 5.75 Å². The van der Waals surface area contributed by atoms with Crippen LogP contribution in [0.5, 0.6) is 5.75 Å². The molecule has 23 heavy (non-hydrogen) atoms. The van der Waals surface area contributed by atoms with E-state index in [2.05, 4.69) is 5.32 Å². The normalized spacial score (nSPS) is 11.7. The highest BCUT2D eigenvalue weighted by Gasteiger charge is 2.14. The number of hydrogen-bond donors (Lipinski definition) is 2. The van der Waals surface area contributed by atoms with Gasteiger partial charge in [-0.05, 0) is 24.1 Å². The van der Waals surface area contributed by atoms with Crippen LogP contribution in [-0.4, -0.2) is 32.3 Å². The van der Waals surface area contributed by atoms with Crippen LogP contribution in [-0.2, 0) is 16.0 Å². The van der Waals surface area contributed by atoms with Crippen LogP contribution in [0.2, 0.25) is 0 Å². The van der Waals surface area contributed by atoms with E-state index in [0.717, 1.165) is 5.56 Å². The van der Waals surface area contributed by atoms with Gasteiger partial charge in [0.05, 0.1) is 12.6 Å². The molecule has 0 saturated carbocycles. The largest absolute Gasteiger partial charge is 0.491 e. The highest BCUT2D eigenvalue weighted by molar-refractivity contribution is 5.95. The minimum Gasteiger partial charge on any atom is -0.491 e. The van der Waals surface area contributed by atoms with Crippen LogP contribution in [0.1, 0.15) is 5.56 Å². The molecule has 5 heteroatoms. The lowest BCUT2D eigenvalue weighted by Gasteiger charge is -2.13. The van der Waals surface area contributed by atoms with Gasteiger partial charge in [0.25, 0.3) is 0 Å². The van der Waals surface area contributed by atoms with Crippen LogP contribution >= 0.6 is 0 Å². The monoisotopic (exact) mass is 314 g/mol. The van der Waals surface area contributed by atoms with Gasteiger partial charge in [-0.15, -0.1) is 0 Å². The van der Waals surface area contributed by atoms with Crippen molar-refractivity contribution < 1.29 is 14.3 Å². The third-order valence-corrected chi connectivity index (χ3v) is 3.29. The molecule has 2 aromatic rings. The van der Waals surface area contributed by atoms with Crippen molar-refractivity contribution in [1.29, 1.82) is 0 Å². The summed E-state index contributed by atoms with van der Waals surface area (Å²) in [5, 5.41) is 2.82. The van der Waals surface area contributed by atoms with Crippen LogP contribution in [0, 0.1) is 0 Å². The van der Waals surface area contributed by atoms with E-state index in [1.807, 2.05) is 42.5 Å². The Morgan fingerprint density at radius 1 is 1.13 bits per heavy atom. The number of hydrogen-bond acceptors (Lipinski definition) is 4. The minimum absolute atomic E-state index is 0.220. The average molecular weight is 314 g/mol. The van der Waals surface area contributed by atoms with Crippen LogP contribution in [0.25, 0.3) is 0 Å². The van der Waals surface area contributed by atoms with Crippen molar-refractivity contribution in [1.82, 2.24) is 0 Å². The maximum atomic E-state index is 12.2. The third kappa shape index (κ3) is 5.73. The van der Waals surface area contributed by atoms with E-state index >= 15 is 0 Å². The van der Waals surface area contributed by atoms with E-state index in [0.29, 0.717) is 31.1 Å². The quantitative estimate of drug-likeness (QED) is 0.733. The van der Waals surface area contributed by atoms with Crippen molar-refractivity contribution in [2.75, 3.05) is 25.6 Å². The summed E-state index contributed by atoms with van der Waals surface area (Å²) < 4.78 is 10.5. The van der Waals surface area contributed by atoms with Gasteiger partial charge < -0.3 is 20.5 Å². The maximum Gasteiger partial charge on any atom is 0.241 e. The summed E-state index contributed by atoms with van der Waals surface area (Å²) in [6, 6.07) is 16.3. The first-order chi connectivity index (χ1) is 11.2. The van der Waals surface area contributed by atoms with Gasteiger partial charge in [0.2, 0.25) is 5.91 Å². The summed E-state index contributed by atoms with van der Waals surface area (Å²) in [4.78, 5) is 12.2. The molecule has 0 heterocycles. The van der Waals surface area contributed by atoms with E-state index in [4.69, 9.17) is 15.2 Å². The summed E-state index contributed by atoms with van der Waals surface area (Å²) >= 11 is 0. The molecule has 1 unspecified atom stereocenters. The Morgan fingerprint density at radius 2 is 1.91 bits per heavy atom. The molecule has 5 nitrogen and oxygen atoms in total. The molecule has 0 fully saturated rings. The number of nitrogens with two attached hydrogens (primary N) is 1. The molecular formula is C18H22N2O3. The fraction of sp³-hybridized carbons (Fsp3) is 0.278. The Kier molecular flexibility index (Phi) is 6.59. The standard InChI is InChI=1S/C18H22N2O3/c1-22-10-11-23-16-9-5-8-15(13-16)20-18(21)17(19)12-14-6-3-2-4-7-14/h2-9,13,17H,10-12,19H2,1H3,(H,20,21). The lowest BCUT2D eigenvalue weighted by Crippen LogP contribution is -2.37. The fourth-order valence-electron chi connectivity index (χ4n) is 2.10. The molecule has 1 amide bonds. The van der Waals surface area contributed by atoms with E-state index in [9.17, 15) is 4.79 Å². The van der Waals surface area contributed by atoms with Crippen molar-refractivity contribution in [3.05, 3.63) is 60.2 Å². The van der Waals surface area contributed by atoms with E-state index in [1.54, 1.807) is 19.2 Å². The van der Waals surface area contributed by atoms with E-state index in [1.165, 1.54) is 0 Å². The first-order valence-corrected chi connectivity index (χ1v) is 7.51. The Labute approximate surface area is 136 Å². The first kappa shape index (κ1) is 17.0. The first-order valence-electron chi connectivity index (χ1n) is 7.51. The zero-order valence-corrected chi connectivity index (χ0v) is 13.2. The van der Waals surface area contributed by atoms with Gasteiger partial charge in [0.1, 0.15) is 12.4 Å². The summed E-state index contributed by atoms with van der Waals surface area (Å²) in [5.41, 5.74) is 7.67. The highest BCUT2D eigenvalue weighted by Crippen LogP contribution is 2.17. The number of rotatable bonds is 8. The molecule has 0 saturated heterocycles. The number of anilines is 1. The molecule has 3 N–H and O–H groups in total. The summed E-state index contributed by atoms with van der Waals surface area (Å²) in [7, 11) is 1.62. The minimum atomic E-state index is -0.601. The van der Waals surface area contributed by atoms with Crippen LogP contribution < -0.4 is 15.8 Å². The lowest BCUT2D eigenvalue weighted by atomic mass is 10.1. The van der Waals surface area contributed by atoms with E-state index in [-0.39, 0.29) is 5.91 Å². The predicted molar refractivity (Wildman–Crippen MR) is 90.6 cm³/mol. The zero-order chi connectivity index (χ0) is 16.5. The molecule has 0 aliphatic carbocycles. The van der Waals surface area contributed by atoms with Gasteiger partial charge in [0, 0.05) is 18.9 Å². The Hall–Kier alpha value is -2.37. The third-order valence-electron chi connectivity index (χ3n) is 3.29. The number of ether oxygens (including phenoxy) is 2. The van der Waals surface area contributed by atoms with Gasteiger partial charge in [0.15, 0.2) is 0 Å². The predicted octanol–water partition coefficient (Wildman–Crippen LogP) is 2.22. The zero-order valence-electron chi connectivity index (χ0n) is 13.2. The van der Waals surface area contributed by atoms with Crippen molar-refractivity contribution in [2.45, 2.75) is 12.5 Å². The molecular weight excluding hydrogens is 292 g/mol. The molecule has 0 aromatic heterocycles. The summed E-state index contributed by atoms with van der Waals surface area (Å²) in [5.74, 6) is 0.458. The fourth-order valence-corrected chi connectivity index (χ4v) is 2.10. The number of carbonyl (C=O) groups is 1. The molecule has 0 radical (unpaired) electrons. The second-order valence-electron chi connectivity index (χ2n) is 5.15. The average Bonchev–Trinajstić information content (AvgIpc) is 2.56. The topological polar surface area (TPSA) is 73.6 Å². The molecule has 1 atom stereocenters. The van der Waals surface area contributed by atoms with Crippen LogP contribution in [0.3, 0.4) is 0 Å². The van der Waals surface area contributed by atoms with Crippen molar-refractivity contribution in [3.63, 3.8) is 0 Å². The number of nitrogens with one attached hydrogen (secondary N) is 1.